The molecule has 0 aromatic rings. The van der Waals surface area contributed by atoms with E-state index < -0.39 is 21.7 Å². The Morgan fingerprint density at radius 2 is 2.05 bits per heavy atom. The molecule has 0 spiro atoms. The minimum absolute atomic E-state index is 0.0156. The van der Waals surface area contributed by atoms with Crippen molar-refractivity contribution in [1.82, 2.24) is 0 Å². The van der Waals surface area contributed by atoms with Crippen molar-refractivity contribution in [3.8, 4) is 0 Å². The summed E-state index contributed by atoms with van der Waals surface area (Å²) in [4.78, 5) is 10.6. The van der Waals surface area contributed by atoms with Crippen LogP contribution in [0.15, 0.2) is 36.0 Å². The topological polar surface area (TPSA) is 104 Å². The van der Waals surface area contributed by atoms with Gasteiger partial charge >= 0.3 is 5.97 Å². The van der Waals surface area contributed by atoms with E-state index in [9.17, 15) is 9.00 Å². The summed E-state index contributed by atoms with van der Waals surface area (Å²) in [5.41, 5.74) is 7.47. The molecule has 0 fully saturated rings. The van der Waals surface area contributed by atoms with Gasteiger partial charge in [0, 0.05) is 21.2 Å². The van der Waals surface area contributed by atoms with Crippen molar-refractivity contribution >= 4 is 15.7 Å². The van der Waals surface area contributed by atoms with Crippen molar-refractivity contribution in [1.29, 1.82) is 4.78 Å². The molecule has 0 aromatic heterocycles. The van der Waals surface area contributed by atoms with Crippen LogP contribution in [0.4, 0.5) is 0 Å². The third-order valence-corrected chi connectivity index (χ3v) is 4.61. The quantitative estimate of drug-likeness (QED) is 0.568. The third kappa shape index (κ3) is 7.91. The van der Waals surface area contributed by atoms with E-state index in [0.29, 0.717) is 6.42 Å². The van der Waals surface area contributed by atoms with Crippen molar-refractivity contribution in [3.63, 3.8) is 0 Å². The predicted octanol–water partition coefficient (Wildman–Crippen LogP) is 2.30. The Morgan fingerprint density at radius 1 is 1.45 bits per heavy atom. The van der Waals surface area contributed by atoms with Crippen LogP contribution in [0, 0.1) is 4.78 Å². The Morgan fingerprint density at radius 3 is 2.50 bits per heavy atom. The molecule has 4 N–H and O–H groups in total. The first-order valence-corrected chi connectivity index (χ1v) is 8.27. The molecule has 0 radical (unpaired) electrons. The summed E-state index contributed by atoms with van der Waals surface area (Å²) in [5, 5.41) is 8.66. The van der Waals surface area contributed by atoms with E-state index >= 15 is 0 Å². The fraction of sp³-hybridized carbons (Fsp3) is 0.500. The zero-order chi connectivity index (χ0) is 15.8. The molecule has 0 aliphatic rings. The summed E-state index contributed by atoms with van der Waals surface area (Å²) in [6, 6.07) is -1.05. The van der Waals surface area contributed by atoms with E-state index in [1.165, 1.54) is 0 Å². The molecule has 6 heteroatoms. The van der Waals surface area contributed by atoms with Crippen LogP contribution in [0.3, 0.4) is 0 Å². The average Bonchev–Trinajstić information content (AvgIpc) is 2.35. The van der Waals surface area contributed by atoms with Crippen LogP contribution in [0.25, 0.3) is 0 Å². The van der Waals surface area contributed by atoms with E-state index in [1.807, 2.05) is 19.9 Å². The lowest BCUT2D eigenvalue weighted by Crippen LogP contribution is -2.32. The lowest BCUT2D eigenvalue weighted by Gasteiger charge is -2.11. The van der Waals surface area contributed by atoms with Gasteiger partial charge in [0.1, 0.15) is 6.04 Å². The van der Waals surface area contributed by atoms with E-state index in [1.54, 1.807) is 12.2 Å². The Kier molecular flexibility index (Phi) is 8.10. The van der Waals surface area contributed by atoms with Crippen LogP contribution in [0.5, 0.6) is 0 Å². The highest BCUT2D eigenvalue weighted by Gasteiger charge is 2.15. The summed E-state index contributed by atoms with van der Waals surface area (Å²) in [6.45, 7) is 7.50. The van der Waals surface area contributed by atoms with Crippen LogP contribution in [-0.4, -0.2) is 32.8 Å². The predicted molar refractivity (Wildman–Crippen MR) is 83.2 cm³/mol. The van der Waals surface area contributed by atoms with Gasteiger partial charge in [-0.2, -0.15) is 0 Å². The summed E-state index contributed by atoms with van der Waals surface area (Å²) in [6.07, 6.45) is 5.93. The molecule has 0 saturated heterocycles. The second kappa shape index (κ2) is 8.71. The molecule has 114 valence electrons. The fourth-order valence-corrected chi connectivity index (χ4v) is 2.89. The Hall–Kier alpha value is -1.40. The van der Waals surface area contributed by atoms with Crippen molar-refractivity contribution in [2.24, 2.45) is 5.73 Å². The van der Waals surface area contributed by atoms with Gasteiger partial charge in [-0.15, -0.1) is 0 Å². The first-order chi connectivity index (χ1) is 9.19. The lowest BCUT2D eigenvalue weighted by atomic mass is 10.1. The molecule has 5 nitrogen and oxygen atoms in total. The maximum atomic E-state index is 12.1. The second-order valence-corrected chi connectivity index (χ2v) is 7.26. The smallest absolute Gasteiger partial charge is 0.320 e. The molecule has 0 saturated carbocycles. The van der Waals surface area contributed by atoms with Gasteiger partial charge in [-0.05, 0) is 32.3 Å². The Bertz CT molecular complexity index is 501. The molecule has 20 heavy (non-hydrogen) atoms. The van der Waals surface area contributed by atoms with Gasteiger partial charge in [0.2, 0.25) is 0 Å². The van der Waals surface area contributed by atoms with Crippen LogP contribution in [0.2, 0.25) is 0 Å². The fourth-order valence-electron chi connectivity index (χ4n) is 1.50. The Balaban J connectivity index is 4.55. The van der Waals surface area contributed by atoms with Crippen LogP contribution >= 0.6 is 0 Å². The number of carboxylic acid groups (broad SMARTS) is 1. The number of hydrogen-bond acceptors (Lipinski definition) is 4. The highest BCUT2D eigenvalue weighted by atomic mass is 32.2. The standard InChI is InChI=1S/C14H24N2O3S/c1-4-5-6-12(11(2)3)7-9-20(16,19)10-8-13(15)14(17)18/h4-6,13,16H,1,7-10,15H2,2-3H3,(H,17,18)/b6-5-/t13-,20?/m0/s1. The number of hydrogen-bond donors (Lipinski definition) is 3. The minimum atomic E-state index is -2.80. The van der Waals surface area contributed by atoms with Crippen molar-refractivity contribution < 1.29 is 14.1 Å². The number of allylic oxidation sites excluding steroid dienone is 5. The average molecular weight is 300 g/mol. The van der Waals surface area contributed by atoms with Gasteiger partial charge in [-0.25, -0.2) is 4.21 Å². The van der Waals surface area contributed by atoms with Crippen LogP contribution < -0.4 is 5.73 Å². The van der Waals surface area contributed by atoms with Crippen molar-refractivity contribution in [2.45, 2.75) is 32.7 Å². The molecular weight excluding hydrogens is 276 g/mol. The monoisotopic (exact) mass is 300 g/mol. The normalized spacial score (nSPS) is 15.6. The van der Waals surface area contributed by atoms with Crippen LogP contribution in [0.1, 0.15) is 26.7 Å². The van der Waals surface area contributed by atoms with Gasteiger partial charge in [0.15, 0.2) is 0 Å². The van der Waals surface area contributed by atoms with Gasteiger partial charge < -0.3 is 10.8 Å². The SMILES string of the molecule is C=C/C=C\C(CCS(=N)(=O)CC[C@H](N)C(=O)O)=C(C)C. The largest absolute Gasteiger partial charge is 0.480 e. The van der Waals surface area contributed by atoms with Crippen molar-refractivity contribution in [2.75, 3.05) is 11.5 Å². The molecule has 0 rings (SSSR count). The first kappa shape index (κ1) is 18.6. The maximum Gasteiger partial charge on any atom is 0.320 e. The molecule has 0 heterocycles. The third-order valence-electron chi connectivity index (χ3n) is 2.85. The highest BCUT2D eigenvalue weighted by Crippen LogP contribution is 2.13. The zero-order valence-corrected chi connectivity index (χ0v) is 12.9. The van der Waals surface area contributed by atoms with Crippen LogP contribution in [-0.2, 0) is 14.5 Å². The maximum absolute atomic E-state index is 12.1. The number of carboxylic acids is 1. The van der Waals surface area contributed by atoms with Gasteiger partial charge in [0.25, 0.3) is 0 Å². The first-order valence-electron chi connectivity index (χ1n) is 6.37. The van der Waals surface area contributed by atoms with E-state index in [4.69, 9.17) is 15.6 Å². The summed E-state index contributed by atoms with van der Waals surface area (Å²) < 4.78 is 19.8. The molecule has 0 aliphatic heterocycles. The molecule has 2 atom stereocenters. The van der Waals surface area contributed by atoms with Gasteiger partial charge in [0.05, 0.1) is 0 Å². The molecule has 0 bridgehead atoms. The van der Waals surface area contributed by atoms with E-state index in [0.717, 1.165) is 11.1 Å². The number of nitrogens with two attached hydrogens (primary N) is 1. The molecule has 1 unspecified atom stereocenters. The molecule has 0 aromatic carbocycles. The number of aliphatic carboxylic acids is 1. The van der Waals surface area contributed by atoms with Crippen molar-refractivity contribution in [3.05, 3.63) is 36.0 Å². The summed E-state index contributed by atoms with van der Waals surface area (Å²) in [7, 11) is -2.80. The number of rotatable bonds is 9. The van der Waals surface area contributed by atoms with E-state index in [-0.39, 0.29) is 17.9 Å². The summed E-state index contributed by atoms with van der Waals surface area (Å²) in [5.74, 6) is -0.901. The Labute approximate surface area is 121 Å². The van der Waals surface area contributed by atoms with Gasteiger partial charge in [-0.3, -0.25) is 9.57 Å². The minimum Gasteiger partial charge on any atom is -0.480 e. The number of carbonyl (C=O) groups is 1. The van der Waals surface area contributed by atoms with Gasteiger partial charge in [-0.1, -0.05) is 30.4 Å². The zero-order valence-electron chi connectivity index (χ0n) is 12.1. The summed E-state index contributed by atoms with van der Waals surface area (Å²) >= 11 is 0. The second-order valence-electron chi connectivity index (χ2n) is 4.82. The van der Waals surface area contributed by atoms with E-state index in [2.05, 4.69) is 6.58 Å². The molecular formula is C14H24N2O3S. The molecule has 0 aliphatic carbocycles. The number of nitrogens with one attached hydrogen (secondary N) is 1. The lowest BCUT2D eigenvalue weighted by molar-refractivity contribution is -0.138. The molecule has 0 amide bonds. The highest BCUT2D eigenvalue weighted by molar-refractivity contribution is 7.92.